The van der Waals surface area contributed by atoms with E-state index in [-0.39, 0.29) is 22.8 Å². The third-order valence-corrected chi connectivity index (χ3v) is 7.39. The van der Waals surface area contributed by atoms with Crippen LogP contribution < -0.4 is 5.73 Å². The number of nitrogens with two attached hydrogens (primary N) is 1. The summed E-state index contributed by atoms with van der Waals surface area (Å²) in [5, 5.41) is 43.9. The molecule has 0 spiro atoms. The molecule has 6 N–H and O–H groups in total. The summed E-state index contributed by atoms with van der Waals surface area (Å²) in [6, 6.07) is 3.64. The molecule has 1 aromatic rings. The number of rotatable bonds is 2. The SMILES string of the molecule is C[C@H]1[C@H]2C(=C(O)c3c(O)cccc3[C@@H]2C)C(=O)[C@]2(O)C(O)=C(C(N)=O)C(=O)[C@@H](N(C)C)[C@H]12. The van der Waals surface area contributed by atoms with Crippen molar-refractivity contribution in [1.82, 2.24) is 4.90 Å². The van der Waals surface area contributed by atoms with E-state index < -0.39 is 64.0 Å². The number of aliphatic hydroxyl groups is 3. The van der Waals surface area contributed by atoms with Gasteiger partial charge in [-0.05, 0) is 37.6 Å². The zero-order valence-electron chi connectivity index (χ0n) is 18.2. The Bertz CT molecular complexity index is 1140. The van der Waals surface area contributed by atoms with Crippen LogP contribution in [0.2, 0.25) is 0 Å². The minimum atomic E-state index is -2.64. The maximum Gasteiger partial charge on any atom is 0.255 e. The van der Waals surface area contributed by atoms with Gasteiger partial charge in [0.2, 0.25) is 5.78 Å². The van der Waals surface area contributed by atoms with E-state index in [1.165, 1.54) is 11.0 Å². The molecular weight excluding hydrogens is 416 g/mol. The minimum Gasteiger partial charge on any atom is -0.508 e. The fraction of sp³-hybridized carbons (Fsp3) is 0.435. The molecule has 0 bridgehead atoms. The van der Waals surface area contributed by atoms with Gasteiger partial charge in [0.05, 0.1) is 11.6 Å². The van der Waals surface area contributed by atoms with Crippen LogP contribution in [0, 0.1) is 17.8 Å². The number of aliphatic hydroxyl groups excluding tert-OH is 2. The molecule has 9 heteroatoms. The van der Waals surface area contributed by atoms with Crippen molar-refractivity contribution in [3.05, 3.63) is 46.2 Å². The van der Waals surface area contributed by atoms with Gasteiger partial charge in [0.1, 0.15) is 22.8 Å². The molecule has 3 aliphatic rings. The van der Waals surface area contributed by atoms with E-state index >= 15 is 0 Å². The number of ketones is 2. The number of nitrogens with zero attached hydrogens (tertiary/aromatic N) is 1. The third-order valence-electron chi connectivity index (χ3n) is 7.39. The zero-order valence-corrected chi connectivity index (χ0v) is 18.2. The Labute approximate surface area is 184 Å². The molecule has 1 amide bonds. The molecule has 0 aliphatic heterocycles. The molecule has 0 radical (unpaired) electrons. The van der Waals surface area contributed by atoms with Gasteiger partial charge in [0, 0.05) is 17.4 Å². The predicted molar refractivity (Wildman–Crippen MR) is 114 cm³/mol. The highest BCUT2D eigenvalue weighted by atomic mass is 16.3. The largest absolute Gasteiger partial charge is 0.508 e. The topological polar surface area (TPSA) is 161 Å². The highest BCUT2D eigenvalue weighted by Gasteiger charge is 2.67. The first kappa shape index (κ1) is 22.0. The number of phenolic OH excluding ortho intramolecular Hbond substituents is 1. The number of phenols is 1. The second-order valence-corrected chi connectivity index (χ2v) is 9.16. The Morgan fingerprint density at radius 1 is 1.12 bits per heavy atom. The Morgan fingerprint density at radius 2 is 1.75 bits per heavy atom. The molecule has 1 aromatic carbocycles. The number of carbonyl (C=O) groups is 3. The maximum atomic E-state index is 13.8. The second kappa shape index (κ2) is 6.91. The molecule has 0 heterocycles. The molecule has 170 valence electrons. The first-order valence-electron chi connectivity index (χ1n) is 10.3. The Balaban J connectivity index is 2.07. The van der Waals surface area contributed by atoms with E-state index in [2.05, 4.69) is 0 Å². The molecule has 0 saturated heterocycles. The lowest BCUT2D eigenvalue weighted by atomic mass is 9.51. The van der Waals surface area contributed by atoms with Crippen LogP contribution in [0.1, 0.15) is 30.9 Å². The molecule has 6 atom stereocenters. The molecule has 3 aliphatic carbocycles. The van der Waals surface area contributed by atoms with Crippen molar-refractivity contribution in [1.29, 1.82) is 0 Å². The molecule has 0 aromatic heterocycles. The van der Waals surface area contributed by atoms with Crippen molar-refractivity contribution >= 4 is 23.2 Å². The molecule has 32 heavy (non-hydrogen) atoms. The molecule has 1 fully saturated rings. The van der Waals surface area contributed by atoms with Crippen LogP contribution in [-0.2, 0) is 14.4 Å². The van der Waals surface area contributed by atoms with E-state index in [1.807, 2.05) is 6.92 Å². The van der Waals surface area contributed by atoms with E-state index in [1.54, 1.807) is 33.2 Å². The molecular formula is C23H26N2O7. The molecule has 4 rings (SSSR count). The average Bonchev–Trinajstić information content (AvgIpc) is 2.70. The Kier molecular flexibility index (Phi) is 4.76. The van der Waals surface area contributed by atoms with Gasteiger partial charge in [-0.3, -0.25) is 19.3 Å². The number of hydrogen-bond acceptors (Lipinski definition) is 8. The first-order valence-corrected chi connectivity index (χ1v) is 10.3. The van der Waals surface area contributed by atoms with Gasteiger partial charge >= 0.3 is 0 Å². The highest BCUT2D eigenvalue weighted by Crippen LogP contribution is 2.58. The fourth-order valence-corrected chi connectivity index (χ4v) is 6.06. The number of benzene rings is 1. The van der Waals surface area contributed by atoms with Crippen molar-refractivity contribution in [3.63, 3.8) is 0 Å². The monoisotopic (exact) mass is 442 g/mol. The first-order chi connectivity index (χ1) is 14.9. The van der Waals surface area contributed by atoms with Gasteiger partial charge in [-0.15, -0.1) is 0 Å². The molecule has 1 saturated carbocycles. The van der Waals surface area contributed by atoms with Gasteiger partial charge in [-0.1, -0.05) is 26.0 Å². The lowest BCUT2D eigenvalue weighted by Crippen LogP contribution is -2.68. The zero-order chi connectivity index (χ0) is 23.9. The van der Waals surface area contributed by atoms with Crippen molar-refractivity contribution < 1.29 is 34.8 Å². The quantitative estimate of drug-likeness (QED) is 0.420. The summed E-state index contributed by atoms with van der Waals surface area (Å²) in [6.45, 7) is 3.57. The second-order valence-electron chi connectivity index (χ2n) is 9.16. The van der Waals surface area contributed by atoms with Crippen molar-refractivity contribution in [2.75, 3.05) is 14.1 Å². The van der Waals surface area contributed by atoms with E-state index in [9.17, 15) is 34.8 Å². The lowest BCUT2D eigenvalue weighted by molar-refractivity contribution is -0.160. The summed E-state index contributed by atoms with van der Waals surface area (Å²) in [5.74, 6) is -7.51. The van der Waals surface area contributed by atoms with Gasteiger partial charge in [0.15, 0.2) is 11.4 Å². The Hall–Kier alpha value is -3.17. The van der Waals surface area contributed by atoms with Crippen molar-refractivity contribution in [2.45, 2.75) is 31.4 Å². The van der Waals surface area contributed by atoms with Crippen molar-refractivity contribution in [2.24, 2.45) is 23.5 Å². The molecule has 9 nitrogen and oxygen atoms in total. The standard InChI is InChI=1S/C23H26N2O7/c1-8-10-6-5-7-11(26)13(10)18(27)14-12(8)9(2)16-17(25(3)4)19(28)15(22(24)31)21(30)23(16,32)20(14)29/h5-9,12,16-17,26-27,30,32H,1-4H3,(H2,24,31)/t8-,9-,12-,16-,17-,23-/m0/s1. The van der Waals surface area contributed by atoms with Crippen LogP contribution in [0.15, 0.2) is 35.1 Å². The maximum absolute atomic E-state index is 13.8. The van der Waals surface area contributed by atoms with Crippen LogP contribution in [0.4, 0.5) is 0 Å². The average molecular weight is 442 g/mol. The van der Waals surface area contributed by atoms with Gasteiger partial charge in [-0.2, -0.15) is 0 Å². The number of fused-ring (bicyclic) bond motifs is 3. The number of hydrogen-bond donors (Lipinski definition) is 5. The van der Waals surface area contributed by atoms with Crippen LogP contribution in [0.5, 0.6) is 5.75 Å². The van der Waals surface area contributed by atoms with Crippen LogP contribution >= 0.6 is 0 Å². The van der Waals surface area contributed by atoms with E-state index in [0.29, 0.717) is 5.56 Å². The van der Waals surface area contributed by atoms with Gasteiger partial charge in [0.25, 0.3) is 5.91 Å². The highest BCUT2D eigenvalue weighted by molar-refractivity contribution is 6.24. The van der Waals surface area contributed by atoms with E-state index in [0.717, 1.165) is 0 Å². The summed E-state index contributed by atoms with van der Waals surface area (Å²) < 4.78 is 0. The summed E-state index contributed by atoms with van der Waals surface area (Å²) in [7, 11) is 3.14. The van der Waals surface area contributed by atoms with Crippen LogP contribution in [0.3, 0.4) is 0 Å². The number of likely N-dealkylation sites (N-methyl/N-ethyl adjacent to an activating group) is 1. The normalized spacial score (nSPS) is 34.4. The smallest absolute Gasteiger partial charge is 0.255 e. The predicted octanol–water partition coefficient (Wildman–Crippen LogP) is 0.771. The number of primary amides is 1. The summed E-state index contributed by atoms with van der Waals surface area (Å²) >= 11 is 0. The summed E-state index contributed by atoms with van der Waals surface area (Å²) in [6.07, 6.45) is 0. The van der Waals surface area contributed by atoms with Crippen LogP contribution in [-0.4, -0.2) is 68.5 Å². The summed E-state index contributed by atoms with van der Waals surface area (Å²) in [5.41, 5.74) is 2.41. The summed E-state index contributed by atoms with van der Waals surface area (Å²) in [4.78, 5) is 40.4. The minimum absolute atomic E-state index is 0.0866. The fourth-order valence-electron chi connectivity index (χ4n) is 6.06. The number of amides is 1. The lowest BCUT2D eigenvalue weighted by Gasteiger charge is -2.54. The number of carbonyl (C=O) groups excluding carboxylic acids is 3. The number of Topliss-reactive ketones (excluding diaryl/α,β-unsaturated/α-hetero) is 2. The van der Waals surface area contributed by atoms with Gasteiger partial charge in [-0.25, -0.2) is 0 Å². The van der Waals surface area contributed by atoms with Crippen LogP contribution in [0.25, 0.3) is 5.76 Å². The third kappa shape index (κ3) is 2.49. The van der Waals surface area contributed by atoms with E-state index in [4.69, 9.17) is 5.73 Å². The van der Waals surface area contributed by atoms with Crippen molar-refractivity contribution in [3.8, 4) is 5.75 Å². The number of aromatic hydroxyl groups is 1. The van der Waals surface area contributed by atoms with Gasteiger partial charge < -0.3 is 26.2 Å². The Morgan fingerprint density at radius 3 is 2.31 bits per heavy atom. The molecule has 0 unspecified atom stereocenters.